The Morgan fingerprint density at radius 2 is 1.89 bits per heavy atom. The molecule has 0 aliphatic carbocycles. The SMILES string of the molecule is CN=C(NCc1cccc(-n2cccn2)c1)NCc1nnc2ccccn12.I. The number of aromatic nitrogens is 5. The van der Waals surface area contributed by atoms with Gasteiger partial charge in [-0.25, -0.2) is 4.68 Å². The van der Waals surface area contributed by atoms with Crippen molar-refractivity contribution in [3.05, 3.63) is 78.5 Å². The van der Waals surface area contributed by atoms with E-state index in [1.165, 1.54) is 0 Å². The molecule has 4 aromatic rings. The predicted octanol–water partition coefficient (Wildman–Crippen LogP) is 2.40. The van der Waals surface area contributed by atoms with Crippen LogP contribution in [0.5, 0.6) is 0 Å². The summed E-state index contributed by atoms with van der Waals surface area (Å²) in [5, 5.41) is 19.2. The van der Waals surface area contributed by atoms with Gasteiger partial charge < -0.3 is 10.6 Å². The normalized spacial score (nSPS) is 11.2. The van der Waals surface area contributed by atoms with Crippen LogP contribution in [-0.4, -0.2) is 37.4 Å². The quantitative estimate of drug-likeness (QED) is 0.256. The first kappa shape index (κ1) is 19.8. The van der Waals surface area contributed by atoms with Crippen LogP contribution in [0.25, 0.3) is 11.3 Å². The number of halogens is 1. The number of rotatable bonds is 5. The van der Waals surface area contributed by atoms with Gasteiger partial charge in [0.15, 0.2) is 17.4 Å². The van der Waals surface area contributed by atoms with E-state index in [-0.39, 0.29) is 24.0 Å². The second-order valence-corrected chi connectivity index (χ2v) is 5.94. The minimum atomic E-state index is 0. The molecule has 0 saturated heterocycles. The summed E-state index contributed by atoms with van der Waals surface area (Å²) in [6.45, 7) is 1.17. The highest BCUT2D eigenvalue weighted by Gasteiger charge is 2.06. The summed E-state index contributed by atoms with van der Waals surface area (Å²) in [6.07, 6.45) is 5.64. The maximum atomic E-state index is 4.27. The van der Waals surface area contributed by atoms with E-state index in [2.05, 4.69) is 43.1 Å². The van der Waals surface area contributed by atoms with Crippen LogP contribution in [0.15, 0.2) is 72.1 Å². The minimum absolute atomic E-state index is 0. The van der Waals surface area contributed by atoms with Crippen LogP contribution in [0.2, 0.25) is 0 Å². The smallest absolute Gasteiger partial charge is 0.191 e. The molecule has 144 valence electrons. The largest absolute Gasteiger partial charge is 0.352 e. The molecule has 1 aromatic carbocycles. The van der Waals surface area contributed by atoms with Gasteiger partial charge in [0.25, 0.3) is 0 Å². The number of hydrogen-bond donors (Lipinski definition) is 2. The number of nitrogens with one attached hydrogen (secondary N) is 2. The zero-order valence-corrected chi connectivity index (χ0v) is 17.7. The molecular formula is C19H21IN8. The molecular weight excluding hydrogens is 467 g/mol. The van der Waals surface area contributed by atoms with Crippen LogP contribution >= 0.6 is 24.0 Å². The number of guanidine groups is 1. The highest BCUT2D eigenvalue weighted by molar-refractivity contribution is 14.0. The molecule has 0 aliphatic heterocycles. The Morgan fingerprint density at radius 1 is 1.00 bits per heavy atom. The van der Waals surface area contributed by atoms with E-state index in [9.17, 15) is 0 Å². The van der Waals surface area contributed by atoms with E-state index >= 15 is 0 Å². The molecule has 0 fully saturated rings. The third-order valence-electron chi connectivity index (χ3n) is 4.16. The fraction of sp³-hybridized carbons (Fsp3) is 0.158. The molecule has 0 saturated carbocycles. The highest BCUT2D eigenvalue weighted by Crippen LogP contribution is 2.09. The van der Waals surface area contributed by atoms with E-state index in [1.54, 1.807) is 13.2 Å². The van der Waals surface area contributed by atoms with Gasteiger partial charge in [0.05, 0.1) is 12.2 Å². The predicted molar refractivity (Wildman–Crippen MR) is 119 cm³/mol. The number of pyridine rings is 1. The van der Waals surface area contributed by atoms with E-state index in [4.69, 9.17) is 0 Å². The Bertz CT molecular complexity index is 1050. The third-order valence-corrected chi connectivity index (χ3v) is 4.16. The first-order chi connectivity index (χ1) is 13.3. The van der Waals surface area contributed by atoms with E-state index in [1.807, 2.05) is 57.9 Å². The van der Waals surface area contributed by atoms with E-state index in [0.29, 0.717) is 19.0 Å². The van der Waals surface area contributed by atoms with Crippen molar-refractivity contribution in [1.29, 1.82) is 0 Å². The van der Waals surface area contributed by atoms with Gasteiger partial charge in [-0.05, 0) is 35.9 Å². The molecule has 0 radical (unpaired) electrons. The van der Waals surface area contributed by atoms with Crippen LogP contribution in [0.4, 0.5) is 0 Å². The lowest BCUT2D eigenvalue weighted by Crippen LogP contribution is -2.36. The van der Waals surface area contributed by atoms with Gasteiger partial charge >= 0.3 is 0 Å². The summed E-state index contributed by atoms with van der Waals surface area (Å²) in [7, 11) is 1.75. The van der Waals surface area contributed by atoms with E-state index in [0.717, 1.165) is 22.7 Å². The summed E-state index contributed by atoms with van der Waals surface area (Å²) < 4.78 is 3.79. The average molecular weight is 488 g/mol. The zero-order chi connectivity index (χ0) is 18.5. The van der Waals surface area contributed by atoms with Crippen molar-refractivity contribution < 1.29 is 0 Å². The van der Waals surface area contributed by atoms with Gasteiger partial charge in [-0.3, -0.25) is 9.39 Å². The molecule has 0 spiro atoms. The molecule has 0 bridgehead atoms. The summed E-state index contributed by atoms with van der Waals surface area (Å²) in [5.74, 6) is 1.53. The Kier molecular flexibility index (Phi) is 6.58. The van der Waals surface area contributed by atoms with Gasteiger partial charge in [-0.1, -0.05) is 18.2 Å². The lowest BCUT2D eigenvalue weighted by atomic mass is 10.2. The lowest BCUT2D eigenvalue weighted by Gasteiger charge is -2.12. The maximum Gasteiger partial charge on any atom is 0.191 e. The summed E-state index contributed by atoms with van der Waals surface area (Å²) >= 11 is 0. The van der Waals surface area contributed by atoms with Crippen LogP contribution in [0, 0.1) is 0 Å². The van der Waals surface area contributed by atoms with Crippen molar-refractivity contribution >= 4 is 35.6 Å². The van der Waals surface area contributed by atoms with Crippen molar-refractivity contribution in [2.45, 2.75) is 13.1 Å². The number of nitrogens with zero attached hydrogens (tertiary/aromatic N) is 6. The molecule has 0 amide bonds. The Balaban J connectivity index is 0.00000225. The van der Waals surface area contributed by atoms with Crippen LogP contribution in [-0.2, 0) is 13.1 Å². The molecule has 0 aliphatic rings. The highest BCUT2D eigenvalue weighted by atomic mass is 127. The van der Waals surface area contributed by atoms with Crippen molar-refractivity contribution in [2.75, 3.05) is 7.05 Å². The number of aliphatic imine (C=N–C) groups is 1. The van der Waals surface area contributed by atoms with Crippen molar-refractivity contribution in [1.82, 2.24) is 35.0 Å². The topological polar surface area (TPSA) is 84.4 Å². The van der Waals surface area contributed by atoms with Crippen molar-refractivity contribution in [3.63, 3.8) is 0 Å². The summed E-state index contributed by atoms with van der Waals surface area (Å²) in [6, 6.07) is 15.9. The zero-order valence-electron chi connectivity index (χ0n) is 15.4. The molecule has 9 heteroatoms. The van der Waals surface area contributed by atoms with Gasteiger partial charge in [-0.15, -0.1) is 34.2 Å². The number of benzene rings is 1. The molecule has 8 nitrogen and oxygen atoms in total. The van der Waals surface area contributed by atoms with Crippen molar-refractivity contribution in [2.24, 2.45) is 4.99 Å². The summed E-state index contributed by atoms with van der Waals surface area (Å²) in [4.78, 5) is 4.27. The molecule has 0 atom stereocenters. The minimum Gasteiger partial charge on any atom is -0.352 e. The van der Waals surface area contributed by atoms with Crippen molar-refractivity contribution in [3.8, 4) is 5.69 Å². The Morgan fingerprint density at radius 3 is 2.71 bits per heavy atom. The fourth-order valence-corrected chi connectivity index (χ4v) is 2.81. The maximum absolute atomic E-state index is 4.27. The average Bonchev–Trinajstić information content (AvgIpc) is 3.39. The van der Waals surface area contributed by atoms with Gasteiger partial charge in [0.2, 0.25) is 0 Å². The fourth-order valence-electron chi connectivity index (χ4n) is 2.81. The number of fused-ring (bicyclic) bond motifs is 1. The molecule has 4 rings (SSSR count). The van der Waals surface area contributed by atoms with Crippen LogP contribution in [0.3, 0.4) is 0 Å². The number of hydrogen-bond acceptors (Lipinski definition) is 4. The lowest BCUT2D eigenvalue weighted by molar-refractivity contribution is 0.762. The molecule has 0 unspecified atom stereocenters. The monoisotopic (exact) mass is 488 g/mol. The first-order valence-electron chi connectivity index (χ1n) is 8.65. The van der Waals surface area contributed by atoms with Gasteiger partial charge in [0, 0.05) is 32.2 Å². The van der Waals surface area contributed by atoms with Crippen LogP contribution < -0.4 is 10.6 Å². The summed E-state index contributed by atoms with van der Waals surface area (Å²) in [5.41, 5.74) is 2.99. The standard InChI is InChI=1S/C19H20N8.HI/c1-20-19(22-14-18-25-24-17-8-2-3-10-26(17)18)21-13-15-6-4-7-16(12-15)27-11-5-9-23-27;/h2-12H,13-14H2,1H3,(H2,20,21,22);1H. The Labute approximate surface area is 179 Å². The van der Waals surface area contributed by atoms with E-state index < -0.39 is 0 Å². The molecule has 3 aromatic heterocycles. The first-order valence-corrected chi connectivity index (χ1v) is 8.65. The molecule has 2 N–H and O–H groups in total. The Hall–Kier alpha value is -2.95. The van der Waals surface area contributed by atoms with Crippen LogP contribution in [0.1, 0.15) is 11.4 Å². The van der Waals surface area contributed by atoms with Gasteiger partial charge in [0.1, 0.15) is 0 Å². The second-order valence-electron chi connectivity index (χ2n) is 5.94. The molecule has 28 heavy (non-hydrogen) atoms. The van der Waals surface area contributed by atoms with Gasteiger partial charge in [-0.2, -0.15) is 5.10 Å². The molecule has 3 heterocycles. The second kappa shape index (κ2) is 9.31. The third kappa shape index (κ3) is 4.47.